The first-order valence-corrected chi connectivity index (χ1v) is 8.63. The number of halogens is 3. The number of benzene rings is 1. The number of nitrogens with zero attached hydrogens (tertiary/aromatic N) is 1. The van der Waals surface area contributed by atoms with E-state index in [1.807, 2.05) is 0 Å². The van der Waals surface area contributed by atoms with Crippen LogP contribution in [0.15, 0.2) is 36.3 Å². The fraction of sp³-hybridized carbons (Fsp3) is 0.0833. The Morgan fingerprint density at radius 2 is 2.05 bits per heavy atom. The molecule has 0 fully saturated rings. The van der Waals surface area contributed by atoms with Gasteiger partial charge in [0.1, 0.15) is 10.2 Å². The molecule has 0 amide bonds. The second kappa shape index (κ2) is 6.99. The van der Waals surface area contributed by atoms with Gasteiger partial charge >= 0.3 is 0 Å². The molecule has 0 unspecified atom stereocenters. The highest BCUT2D eigenvalue weighted by Gasteiger charge is 2.18. The maximum Gasteiger partial charge on any atom is 0.287 e. The molecule has 9 heteroatoms. The fourth-order valence-corrected chi connectivity index (χ4v) is 4.88. The topological polar surface area (TPSA) is 69.4 Å². The average molecular weight is 500 g/mol. The Morgan fingerprint density at radius 1 is 1.33 bits per heavy atom. The third-order valence-electron chi connectivity index (χ3n) is 2.46. The van der Waals surface area contributed by atoms with E-state index in [4.69, 9.17) is 4.74 Å². The number of hydrogen-bond donors (Lipinski definition) is 0. The first-order chi connectivity index (χ1) is 9.90. The van der Waals surface area contributed by atoms with Gasteiger partial charge in [-0.3, -0.25) is 14.9 Å². The number of ketones is 1. The lowest BCUT2D eigenvalue weighted by molar-refractivity contribution is -0.385. The van der Waals surface area contributed by atoms with Crippen LogP contribution in [-0.2, 0) is 0 Å². The number of carbonyl (C=O) groups is 1. The zero-order valence-corrected chi connectivity index (χ0v) is 15.7. The van der Waals surface area contributed by atoms with Crippen molar-refractivity contribution < 1.29 is 14.5 Å². The third-order valence-corrected chi connectivity index (χ3v) is 5.59. The lowest BCUT2D eigenvalue weighted by atomic mass is 10.2. The lowest BCUT2D eigenvalue weighted by Crippen LogP contribution is -2.11. The number of hydrogen-bond acceptors (Lipinski definition) is 5. The van der Waals surface area contributed by atoms with Gasteiger partial charge in [-0.05, 0) is 59.9 Å². The largest absolute Gasteiger partial charge is 0.484 e. The summed E-state index contributed by atoms with van der Waals surface area (Å²) in [5, 5.41) is 10.8. The number of rotatable bonds is 5. The van der Waals surface area contributed by atoms with Crippen molar-refractivity contribution in [3.63, 3.8) is 0 Å². The molecule has 1 aromatic heterocycles. The summed E-state index contributed by atoms with van der Waals surface area (Å²) in [7, 11) is 0. The highest BCUT2D eigenvalue weighted by molar-refractivity contribution is 9.12. The molecular weight excluding hydrogens is 494 g/mol. The van der Waals surface area contributed by atoms with Crippen molar-refractivity contribution in [3.8, 4) is 5.75 Å². The summed E-state index contributed by atoms with van der Waals surface area (Å²) in [5.74, 6) is 0.0326. The molecule has 1 heterocycles. The SMILES string of the molecule is O=C(COc1cccc([N+](=O)[O-])c1Br)c1cc(Br)sc1Br. The van der Waals surface area contributed by atoms with Gasteiger partial charge in [0.25, 0.3) is 5.69 Å². The van der Waals surface area contributed by atoms with Gasteiger partial charge in [0, 0.05) is 11.6 Å². The molecule has 1 aromatic carbocycles. The van der Waals surface area contributed by atoms with Crippen molar-refractivity contribution in [2.75, 3.05) is 6.61 Å². The molecule has 0 saturated carbocycles. The smallest absolute Gasteiger partial charge is 0.287 e. The minimum atomic E-state index is -0.522. The van der Waals surface area contributed by atoms with Crippen LogP contribution in [0, 0.1) is 10.1 Å². The van der Waals surface area contributed by atoms with E-state index in [2.05, 4.69) is 47.8 Å². The molecule has 21 heavy (non-hydrogen) atoms. The van der Waals surface area contributed by atoms with Crippen molar-refractivity contribution in [3.05, 3.63) is 52.0 Å². The summed E-state index contributed by atoms with van der Waals surface area (Å²) in [5.41, 5.74) is 0.396. The number of nitro groups is 1. The Bertz CT molecular complexity index is 717. The Hall–Kier alpha value is -0.770. The van der Waals surface area contributed by atoms with Crippen molar-refractivity contribution >= 4 is 70.6 Å². The average Bonchev–Trinajstić information content (AvgIpc) is 2.76. The fourth-order valence-electron chi connectivity index (χ4n) is 1.50. The third kappa shape index (κ3) is 3.91. The quantitative estimate of drug-likeness (QED) is 0.322. The molecule has 0 atom stereocenters. The van der Waals surface area contributed by atoms with E-state index < -0.39 is 4.92 Å². The monoisotopic (exact) mass is 497 g/mol. The van der Waals surface area contributed by atoms with E-state index in [1.165, 1.54) is 23.5 Å². The first kappa shape index (κ1) is 16.6. The highest BCUT2D eigenvalue weighted by atomic mass is 79.9. The van der Waals surface area contributed by atoms with Gasteiger partial charge in [0.2, 0.25) is 5.78 Å². The summed E-state index contributed by atoms with van der Waals surface area (Å²) in [4.78, 5) is 22.4. The van der Waals surface area contributed by atoms with Crippen molar-refractivity contribution in [2.45, 2.75) is 0 Å². The molecule has 0 spiro atoms. The van der Waals surface area contributed by atoms with E-state index in [9.17, 15) is 14.9 Å². The van der Waals surface area contributed by atoms with Crippen LogP contribution in [0.2, 0.25) is 0 Å². The number of ether oxygens (including phenoxy) is 1. The Balaban J connectivity index is 2.13. The van der Waals surface area contributed by atoms with E-state index in [0.29, 0.717) is 9.35 Å². The maximum absolute atomic E-state index is 12.1. The van der Waals surface area contributed by atoms with Gasteiger partial charge in [-0.25, -0.2) is 0 Å². The molecule has 0 N–H and O–H groups in total. The van der Waals surface area contributed by atoms with Crippen LogP contribution < -0.4 is 4.74 Å². The second-order valence-corrected chi connectivity index (χ2v) is 8.34. The Kier molecular flexibility index (Phi) is 5.53. The van der Waals surface area contributed by atoms with Gasteiger partial charge in [0.05, 0.1) is 12.5 Å². The van der Waals surface area contributed by atoms with Crippen LogP contribution in [0.25, 0.3) is 0 Å². The maximum atomic E-state index is 12.1. The molecule has 0 saturated heterocycles. The first-order valence-electron chi connectivity index (χ1n) is 5.44. The number of carbonyl (C=O) groups excluding carboxylic acids is 1. The summed E-state index contributed by atoms with van der Waals surface area (Å²) < 4.78 is 7.13. The molecule has 0 aliphatic rings. The van der Waals surface area contributed by atoms with Crippen LogP contribution in [0.5, 0.6) is 5.75 Å². The Morgan fingerprint density at radius 3 is 2.62 bits per heavy atom. The van der Waals surface area contributed by atoms with Gasteiger partial charge in [0.15, 0.2) is 6.61 Å². The minimum absolute atomic E-state index is 0.112. The van der Waals surface area contributed by atoms with E-state index in [0.717, 1.165) is 3.79 Å². The summed E-state index contributed by atoms with van der Waals surface area (Å²) in [6, 6.07) is 6.11. The standard InChI is InChI=1S/C12H6Br3NO4S/c13-10-4-6(12(15)21-10)8(17)5-20-9-3-1-2-7(11(9)14)16(18)19/h1-4H,5H2. The molecule has 0 bridgehead atoms. The highest BCUT2D eigenvalue weighted by Crippen LogP contribution is 2.35. The van der Waals surface area contributed by atoms with Crippen molar-refractivity contribution in [2.24, 2.45) is 0 Å². The van der Waals surface area contributed by atoms with Crippen LogP contribution in [0.4, 0.5) is 5.69 Å². The predicted molar refractivity (Wildman–Crippen MR) is 90.3 cm³/mol. The van der Waals surface area contributed by atoms with Gasteiger partial charge in [-0.2, -0.15) is 0 Å². The molecule has 2 rings (SSSR count). The predicted octanol–water partition coefficient (Wildman–Crippen LogP) is 5.21. The van der Waals surface area contributed by atoms with Crippen LogP contribution in [-0.4, -0.2) is 17.3 Å². The van der Waals surface area contributed by atoms with Gasteiger partial charge < -0.3 is 4.74 Å². The van der Waals surface area contributed by atoms with Gasteiger partial charge in [-0.1, -0.05) is 6.07 Å². The molecule has 0 aliphatic carbocycles. The summed E-state index contributed by atoms with van der Waals surface area (Å²) in [6.45, 7) is -0.207. The molecule has 5 nitrogen and oxygen atoms in total. The van der Waals surface area contributed by atoms with Gasteiger partial charge in [-0.15, -0.1) is 11.3 Å². The normalized spacial score (nSPS) is 10.4. The van der Waals surface area contributed by atoms with Crippen molar-refractivity contribution in [1.29, 1.82) is 0 Å². The number of nitro benzene ring substituents is 1. The molecule has 0 radical (unpaired) electrons. The van der Waals surface area contributed by atoms with Crippen LogP contribution in [0.1, 0.15) is 10.4 Å². The minimum Gasteiger partial charge on any atom is -0.484 e. The molecule has 2 aromatic rings. The van der Waals surface area contributed by atoms with E-state index in [-0.39, 0.29) is 28.3 Å². The van der Waals surface area contributed by atoms with Crippen LogP contribution >= 0.6 is 59.1 Å². The van der Waals surface area contributed by atoms with E-state index >= 15 is 0 Å². The number of Topliss-reactive ketones (excluding diaryl/α,β-unsaturated/α-hetero) is 1. The van der Waals surface area contributed by atoms with Crippen molar-refractivity contribution in [1.82, 2.24) is 0 Å². The Labute approximate surface area is 148 Å². The lowest BCUT2D eigenvalue weighted by Gasteiger charge is -2.07. The second-order valence-electron chi connectivity index (χ2n) is 3.80. The van der Waals surface area contributed by atoms with E-state index in [1.54, 1.807) is 12.1 Å². The number of thiophene rings is 1. The molecule has 110 valence electrons. The zero-order valence-electron chi connectivity index (χ0n) is 10.1. The summed E-state index contributed by atoms with van der Waals surface area (Å²) >= 11 is 11.1. The summed E-state index contributed by atoms with van der Waals surface area (Å²) in [6.07, 6.45) is 0. The molecule has 0 aliphatic heterocycles. The molecular formula is C12H6Br3NO4S. The van der Waals surface area contributed by atoms with Crippen LogP contribution in [0.3, 0.4) is 0 Å². The zero-order chi connectivity index (χ0) is 15.6.